The van der Waals surface area contributed by atoms with Gasteiger partial charge in [0.05, 0.1) is 5.69 Å². The number of H-pyrrole nitrogens is 1. The fraction of sp³-hybridized carbons (Fsp3) is 0.0588. The van der Waals surface area contributed by atoms with Gasteiger partial charge < -0.3 is 4.98 Å². The molecule has 2 aromatic carbocycles. The van der Waals surface area contributed by atoms with Crippen LogP contribution in [0.15, 0.2) is 64.5 Å². The molecule has 0 unspecified atom stereocenters. The van der Waals surface area contributed by atoms with Crippen LogP contribution >= 0.6 is 35.0 Å². The maximum atomic E-state index is 11.9. The Bertz CT molecular complexity index is 881. The Balaban J connectivity index is 1.83. The molecule has 0 fully saturated rings. The third-order valence-corrected chi connectivity index (χ3v) is 4.68. The van der Waals surface area contributed by atoms with Crippen molar-refractivity contribution in [3.8, 4) is 11.3 Å². The molecule has 0 bridgehead atoms. The molecule has 0 spiro atoms. The van der Waals surface area contributed by atoms with Crippen molar-refractivity contribution < 1.29 is 0 Å². The molecule has 0 saturated heterocycles. The summed E-state index contributed by atoms with van der Waals surface area (Å²) in [6.45, 7) is 0. The molecule has 1 N–H and O–H groups in total. The van der Waals surface area contributed by atoms with Crippen LogP contribution < -0.4 is 5.56 Å². The lowest BCUT2D eigenvalue weighted by Crippen LogP contribution is -2.08. The molecule has 0 aliphatic carbocycles. The van der Waals surface area contributed by atoms with Gasteiger partial charge in [0, 0.05) is 27.4 Å². The minimum Gasteiger partial charge on any atom is -0.301 e. The minimum atomic E-state index is -0.177. The number of aromatic nitrogens is 2. The molecule has 0 aliphatic rings. The second-order valence-electron chi connectivity index (χ2n) is 4.83. The van der Waals surface area contributed by atoms with E-state index >= 15 is 0 Å². The molecule has 0 amide bonds. The van der Waals surface area contributed by atoms with E-state index in [2.05, 4.69) is 9.97 Å². The van der Waals surface area contributed by atoms with E-state index in [1.165, 1.54) is 17.8 Å². The Morgan fingerprint density at radius 1 is 1.04 bits per heavy atom. The number of thioether (sulfide) groups is 1. The SMILES string of the molecule is O=c1cc(-c2ccccc2)nc(SCc2ccc(Cl)cc2Cl)[nH]1. The zero-order valence-electron chi connectivity index (χ0n) is 11.9. The Hall–Kier alpha value is -1.75. The molecule has 1 heterocycles. The van der Waals surface area contributed by atoms with Crippen LogP contribution in [0, 0.1) is 0 Å². The van der Waals surface area contributed by atoms with Crippen molar-refractivity contribution in [2.45, 2.75) is 10.9 Å². The summed E-state index contributed by atoms with van der Waals surface area (Å²) >= 11 is 13.5. The highest BCUT2D eigenvalue weighted by atomic mass is 35.5. The summed E-state index contributed by atoms with van der Waals surface area (Å²) < 4.78 is 0. The average Bonchev–Trinajstić information content (AvgIpc) is 2.54. The van der Waals surface area contributed by atoms with Crippen LogP contribution in [-0.2, 0) is 5.75 Å². The van der Waals surface area contributed by atoms with E-state index in [1.807, 2.05) is 36.4 Å². The Labute approximate surface area is 147 Å². The second-order valence-corrected chi connectivity index (χ2v) is 6.63. The highest BCUT2D eigenvalue weighted by molar-refractivity contribution is 7.98. The lowest BCUT2D eigenvalue weighted by Gasteiger charge is -2.06. The Morgan fingerprint density at radius 2 is 1.83 bits per heavy atom. The van der Waals surface area contributed by atoms with Gasteiger partial charge in [0.25, 0.3) is 5.56 Å². The van der Waals surface area contributed by atoms with Crippen LogP contribution in [0.4, 0.5) is 0 Å². The van der Waals surface area contributed by atoms with Gasteiger partial charge in [0.2, 0.25) is 0 Å². The largest absolute Gasteiger partial charge is 0.301 e. The van der Waals surface area contributed by atoms with Crippen LogP contribution in [0.1, 0.15) is 5.56 Å². The summed E-state index contributed by atoms with van der Waals surface area (Å²) in [6, 6.07) is 16.5. The van der Waals surface area contributed by atoms with Gasteiger partial charge in [-0.2, -0.15) is 0 Å². The van der Waals surface area contributed by atoms with E-state index < -0.39 is 0 Å². The number of benzene rings is 2. The van der Waals surface area contributed by atoms with Crippen LogP contribution in [0.2, 0.25) is 10.0 Å². The van der Waals surface area contributed by atoms with E-state index in [-0.39, 0.29) is 5.56 Å². The normalized spacial score (nSPS) is 10.7. The van der Waals surface area contributed by atoms with Gasteiger partial charge >= 0.3 is 0 Å². The number of rotatable bonds is 4. The molecule has 0 saturated carbocycles. The average molecular weight is 363 g/mol. The zero-order valence-corrected chi connectivity index (χ0v) is 14.3. The fourth-order valence-corrected chi connectivity index (χ4v) is 3.48. The maximum Gasteiger partial charge on any atom is 0.252 e. The summed E-state index contributed by atoms with van der Waals surface area (Å²) in [5, 5.41) is 1.76. The van der Waals surface area contributed by atoms with Crippen LogP contribution in [-0.4, -0.2) is 9.97 Å². The third-order valence-electron chi connectivity index (χ3n) is 3.17. The lowest BCUT2D eigenvalue weighted by atomic mass is 10.1. The first-order valence-corrected chi connectivity index (χ1v) is 8.59. The highest BCUT2D eigenvalue weighted by Gasteiger charge is 2.07. The van der Waals surface area contributed by atoms with Crippen molar-refractivity contribution in [3.05, 3.63) is 80.6 Å². The summed E-state index contributed by atoms with van der Waals surface area (Å²) in [5.74, 6) is 0.594. The summed E-state index contributed by atoms with van der Waals surface area (Å²) in [5.41, 5.74) is 2.32. The quantitative estimate of drug-likeness (QED) is 0.522. The van der Waals surface area contributed by atoms with Gasteiger partial charge in [-0.25, -0.2) is 4.98 Å². The predicted octanol–water partition coefficient (Wildman–Crippen LogP) is 5.04. The molecule has 0 atom stereocenters. The molecule has 3 aromatic rings. The number of hydrogen-bond acceptors (Lipinski definition) is 3. The van der Waals surface area contributed by atoms with Crippen molar-refractivity contribution in [2.75, 3.05) is 0 Å². The Kier molecular flexibility index (Phi) is 5.06. The van der Waals surface area contributed by atoms with Crippen molar-refractivity contribution in [1.82, 2.24) is 9.97 Å². The van der Waals surface area contributed by atoms with Gasteiger partial charge in [0.1, 0.15) is 0 Å². The molecule has 3 rings (SSSR count). The van der Waals surface area contributed by atoms with E-state index in [4.69, 9.17) is 23.2 Å². The number of nitrogens with one attached hydrogen (secondary N) is 1. The van der Waals surface area contributed by atoms with E-state index in [0.717, 1.165) is 11.1 Å². The number of aromatic amines is 1. The lowest BCUT2D eigenvalue weighted by molar-refractivity contribution is 0.942. The van der Waals surface area contributed by atoms with Gasteiger partial charge in [0.15, 0.2) is 5.16 Å². The van der Waals surface area contributed by atoms with Crippen molar-refractivity contribution in [1.29, 1.82) is 0 Å². The van der Waals surface area contributed by atoms with Gasteiger partial charge in [-0.05, 0) is 17.7 Å². The molecule has 3 nitrogen and oxygen atoms in total. The zero-order chi connectivity index (χ0) is 16.2. The summed E-state index contributed by atoms with van der Waals surface area (Å²) in [6.07, 6.45) is 0. The Morgan fingerprint density at radius 3 is 2.57 bits per heavy atom. The summed E-state index contributed by atoms with van der Waals surface area (Å²) in [4.78, 5) is 19.1. The molecule has 1 aromatic heterocycles. The highest BCUT2D eigenvalue weighted by Crippen LogP contribution is 2.27. The molecular formula is C17H12Cl2N2OS. The van der Waals surface area contributed by atoms with Crippen LogP contribution in [0.3, 0.4) is 0 Å². The van der Waals surface area contributed by atoms with Crippen molar-refractivity contribution in [3.63, 3.8) is 0 Å². The molecular weight excluding hydrogens is 351 g/mol. The monoisotopic (exact) mass is 362 g/mol. The fourth-order valence-electron chi connectivity index (χ4n) is 2.05. The molecule has 116 valence electrons. The van der Waals surface area contributed by atoms with Gasteiger partial charge in [-0.15, -0.1) is 0 Å². The second kappa shape index (κ2) is 7.21. The summed E-state index contributed by atoms with van der Waals surface area (Å²) in [7, 11) is 0. The smallest absolute Gasteiger partial charge is 0.252 e. The molecule has 6 heteroatoms. The predicted molar refractivity (Wildman–Crippen MR) is 96.3 cm³/mol. The maximum absolute atomic E-state index is 11.9. The van der Waals surface area contributed by atoms with E-state index in [1.54, 1.807) is 12.1 Å². The van der Waals surface area contributed by atoms with Crippen LogP contribution in [0.25, 0.3) is 11.3 Å². The number of hydrogen-bond donors (Lipinski definition) is 1. The van der Waals surface area contributed by atoms with E-state index in [9.17, 15) is 4.79 Å². The molecule has 0 radical (unpaired) electrons. The van der Waals surface area contributed by atoms with E-state index in [0.29, 0.717) is 26.6 Å². The first-order valence-electron chi connectivity index (χ1n) is 6.85. The first-order chi connectivity index (χ1) is 11.1. The number of nitrogens with zero attached hydrogens (tertiary/aromatic N) is 1. The van der Waals surface area contributed by atoms with Crippen LogP contribution in [0.5, 0.6) is 0 Å². The standard InChI is InChI=1S/C17H12Cl2N2OS/c18-13-7-6-12(14(19)8-13)10-23-17-20-15(9-16(22)21-17)11-4-2-1-3-5-11/h1-9H,10H2,(H,20,21,22). The topological polar surface area (TPSA) is 45.8 Å². The first kappa shape index (κ1) is 16.1. The minimum absolute atomic E-state index is 0.177. The van der Waals surface area contributed by atoms with Crippen molar-refractivity contribution in [2.24, 2.45) is 0 Å². The third kappa shape index (κ3) is 4.16. The van der Waals surface area contributed by atoms with Gasteiger partial charge in [-0.3, -0.25) is 4.79 Å². The molecule has 0 aliphatic heterocycles. The van der Waals surface area contributed by atoms with Gasteiger partial charge in [-0.1, -0.05) is 71.4 Å². The van der Waals surface area contributed by atoms with Crippen molar-refractivity contribution >= 4 is 35.0 Å². The number of halogens is 2. The molecule has 23 heavy (non-hydrogen) atoms.